The summed E-state index contributed by atoms with van der Waals surface area (Å²) in [4.78, 5) is 16.5. The second kappa shape index (κ2) is 7.11. The lowest BCUT2D eigenvalue weighted by Crippen LogP contribution is -2.16. The zero-order valence-electron chi connectivity index (χ0n) is 14.2. The molecule has 5 heteroatoms. The van der Waals surface area contributed by atoms with Crippen LogP contribution in [0.25, 0.3) is 17.2 Å². The highest BCUT2D eigenvalue weighted by Gasteiger charge is 2.17. The van der Waals surface area contributed by atoms with E-state index < -0.39 is 0 Å². The molecule has 3 rings (SSSR count). The summed E-state index contributed by atoms with van der Waals surface area (Å²) in [7, 11) is 0. The SMILES string of the molecule is CCOC(=O)C1=Cc2cc(-c3cccc(C)c3Cl)ccc2N=C(N)C1. The van der Waals surface area contributed by atoms with Crippen LogP contribution in [-0.2, 0) is 9.53 Å². The molecule has 0 amide bonds. The highest BCUT2D eigenvalue weighted by molar-refractivity contribution is 6.34. The Morgan fingerprint density at radius 1 is 1.32 bits per heavy atom. The standard InChI is InChI=1S/C20H19ClN2O2/c1-3-25-20(24)15-10-14-9-13(7-8-17(14)23-18(22)11-15)16-6-4-5-12(2)19(16)21/h4-10H,3,11H2,1-2H3,(H2,22,23). The molecule has 0 atom stereocenters. The van der Waals surface area contributed by atoms with E-state index in [0.717, 1.165) is 27.9 Å². The first-order valence-corrected chi connectivity index (χ1v) is 8.47. The molecular formula is C20H19ClN2O2. The number of nitrogens with two attached hydrogens (primary N) is 1. The maximum absolute atomic E-state index is 12.1. The number of benzene rings is 2. The summed E-state index contributed by atoms with van der Waals surface area (Å²) < 4.78 is 5.11. The van der Waals surface area contributed by atoms with Crippen LogP contribution in [0.2, 0.25) is 5.02 Å². The zero-order chi connectivity index (χ0) is 18.0. The highest BCUT2D eigenvalue weighted by Crippen LogP contribution is 2.35. The van der Waals surface area contributed by atoms with Crippen molar-refractivity contribution in [2.45, 2.75) is 20.3 Å². The molecule has 0 fully saturated rings. The van der Waals surface area contributed by atoms with Crippen LogP contribution in [0.3, 0.4) is 0 Å². The molecule has 1 heterocycles. The summed E-state index contributed by atoms with van der Waals surface area (Å²) >= 11 is 6.45. The van der Waals surface area contributed by atoms with E-state index in [9.17, 15) is 4.79 Å². The molecule has 1 aliphatic heterocycles. The average molecular weight is 355 g/mol. The fourth-order valence-electron chi connectivity index (χ4n) is 2.79. The van der Waals surface area contributed by atoms with Crippen LogP contribution in [0.5, 0.6) is 0 Å². The number of esters is 1. The first-order valence-electron chi connectivity index (χ1n) is 8.10. The number of fused-ring (bicyclic) bond motifs is 1. The number of aliphatic imine (C=N–C) groups is 1. The molecule has 128 valence electrons. The van der Waals surface area contributed by atoms with Gasteiger partial charge in [0.15, 0.2) is 0 Å². The van der Waals surface area contributed by atoms with E-state index in [4.69, 9.17) is 22.1 Å². The topological polar surface area (TPSA) is 64.7 Å². The van der Waals surface area contributed by atoms with Crippen molar-refractivity contribution >= 4 is 35.2 Å². The van der Waals surface area contributed by atoms with Crippen LogP contribution in [-0.4, -0.2) is 18.4 Å². The fourth-order valence-corrected chi connectivity index (χ4v) is 3.03. The maximum Gasteiger partial charge on any atom is 0.334 e. The molecule has 2 aromatic carbocycles. The fraction of sp³-hybridized carbons (Fsp3) is 0.200. The zero-order valence-corrected chi connectivity index (χ0v) is 14.9. The van der Waals surface area contributed by atoms with Gasteiger partial charge in [0.2, 0.25) is 0 Å². The van der Waals surface area contributed by atoms with Crippen molar-refractivity contribution in [1.82, 2.24) is 0 Å². The van der Waals surface area contributed by atoms with E-state index >= 15 is 0 Å². The van der Waals surface area contributed by atoms with E-state index in [1.165, 1.54) is 0 Å². The smallest absolute Gasteiger partial charge is 0.334 e. The number of ether oxygens (including phenoxy) is 1. The molecule has 0 spiro atoms. The third kappa shape index (κ3) is 3.59. The molecule has 0 aromatic heterocycles. The number of aryl methyl sites for hydroxylation is 1. The van der Waals surface area contributed by atoms with Crippen molar-refractivity contribution in [3.05, 3.63) is 58.1 Å². The Labute approximate surface area is 152 Å². The molecule has 0 radical (unpaired) electrons. The van der Waals surface area contributed by atoms with E-state index in [2.05, 4.69) is 4.99 Å². The van der Waals surface area contributed by atoms with Crippen molar-refractivity contribution in [3.8, 4) is 11.1 Å². The number of carbonyl (C=O) groups is 1. The second-order valence-corrected chi connectivity index (χ2v) is 6.26. The van der Waals surface area contributed by atoms with Crippen molar-refractivity contribution in [2.75, 3.05) is 6.61 Å². The Balaban J connectivity index is 2.11. The molecular weight excluding hydrogens is 336 g/mol. The Kier molecular flexibility index (Phi) is 4.91. The predicted octanol–water partition coefficient (Wildman–Crippen LogP) is 4.65. The van der Waals surface area contributed by atoms with Gasteiger partial charge < -0.3 is 10.5 Å². The lowest BCUT2D eigenvalue weighted by molar-refractivity contribution is -0.138. The van der Waals surface area contributed by atoms with Gasteiger partial charge >= 0.3 is 5.97 Å². The molecule has 25 heavy (non-hydrogen) atoms. The van der Waals surface area contributed by atoms with Gasteiger partial charge in [0.1, 0.15) is 5.84 Å². The molecule has 1 aliphatic rings. The summed E-state index contributed by atoms with van der Waals surface area (Å²) in [5.74, 6) is 0.0203. The predicted molar refractivity (Wildman–Crippen MR) is 102 cm³/mol. The Bertz CT molecular complexity index is 901. The van der Waals surface area contributed by atoms with Gasteiger partial charge in [0.05, 0.1) is 17.3 Å². The molecule has 0 bridgehead atoms. The van der Waals surface area contributed by atoms with Crippen molar-refractivity contribution in [3.63, 3.8) is 0 Å². The molecule has 0 saturated carbocycles. The number of hydrogen-bond donors (Lipinski definition) is 1. The summed E-state index contributed by atoms with van der Waals surface area (Å²) in [5, 5.41) is 0.716. The normalized spacial score (nSPS) is 13.4. The second-order valence-electron chi connectivity index (χ2n) is 5.88. The summed E-state index contributed by atoms with van der Waals surface area (Å²) in [6.45, 7) is 4.07. The largest absolute Gasteiger partial charge is 0.463 e. The summed E-state index contributed by atoms with van der Waals surface area (Å²) in [6.07, 6.45) is 2.07. The van der Waals surface area contributed by atoms with Gasteiger partial charge in [-0.15, -0.1) is 0 Å². The molecule has 0 aliphatic carbocycles. The minimum absolute atomic E-state index is 0.272. The minimum Gasteiger partial charge on any atom is -0.463 e. The number of nitrogens with zero attached hydrogens (tertiary/aromatic N) is 1. The van der Waals surface area contributed by atoms with Gasteiger partial charge in [-0.1, -0.05) is 35.9 Å². The number of amidine groups is 1. The molecule has 2 N–H and O–H groups in total. The monoisotopic (exact) mass is 354 g/mol. The van der Waals surface area contributed by atoms with Crippen LogP contribution < -0.4 is 5.73 Å². The van der Waals surface area contributed by atoms with Gasteiger partial charge in [-0.05, 0) is 43.2 Å². The average Bonchev–Trinajstić information content (AvgIpc) is 2.75. The van der Waals surface area contributed by atoms with Gasteiger partial charge in [-0.3, -0.25) is 0 Å². The van der Waals surface area contributed by atoms with Gasteiger partial charge in [-0.2, -0.15) is 0 Å². The molecule has 4 nitrogen and oxygen atoms in total. The summed E-state index contributed by atoms with van der Waals surface area (Å²) in [5.41, 5.74) is 10.9. The van der Waals surface area contributed by atoms with E-state index in [1.54, 1.807) is 13.0 Å². The van der Waals surface area contributed by atoms with E-state index in [0.29, 0.717) is 23.0 Å². The number of rotatable bonds is 3. The molecule has 0 saturated heterocycles. The quantitative estimate of drug-likeness (QED) is 0.815. The molecule has 2 aromatic rings. The maximum atomic E-state index is 12.1. The Morgan fingerprint density at radius 2 is 2.12 bits per heavy atom. The minimum atomic E-state index is -0.368. The number of hydrogen-bond acceptors (Lipinski definition) is 4. The Hall–Kier alpha value is -2.59. The van der Waals surface area contributed by atoms with Crippen LogP contribution in [0.1, 0.15) is 24.5 Å². The van der Waals surface area contributed by atoms with Crippen LogP contribution >= 0.6 is 11.6 Å². The van der Waals surface area contributed by atoms with E-state index in [-0.39, 0.29) is 12.4 Å². The third-order valence-corrected chi connectivity index (χ3v) is 4.54. The van der Waals surface area contributed by atoms with Gasteiger partial charge in [0, 0.05) is 23.1 Å². The van der Waals surface area contributed by atoms with Crippen molar-refractivity contribution in [1.29, 1.82) is 0 Å². The Morgan fingerprint density at radius 3 is 2.88 bits per heavy atom. The number of carbonyl (C=O) groups excluding carboxylic acids is 1. The van der Waals surface area contributed by atoms with Crippen LogP contribution in [0.4, 0.5) is 5.69 Å². The first kappa shape index (κ1) is 17.2. The van der Waals surface area contributed by atoms with Crippen LogP contribution in [0.15, 0.2) is 47.0 Å². The number of halogens is 1. The van der Waals surface area contributed by atoms with Gasteiger partial charge in [-0.25, -0.2) is 9.79 Å². The lowest BCUT2D eigenvalue weighted by atomic mass is 9.99. The van der Waals surface area contributed by atoms with Crippen molar-refractivity contribution < 1.29 is 9.53 Å². The van der Waals surface area contributed by atoms with Gasteiger partial charge in [0.25, 0.3) is 0 Å². The van der Waals surface area contributed by atoms with E-state index in [1.807, 2.05) is 43.3 Å². The summed E-state index contributed by atoms with van der Waals surface area (Å²) in [6, 6.07) is 11.7. The first-order chi connectivity index (χ1) is 12.0. The molecule has 0 unspecified atom stereocenters. The van der Waals surface area contributed by atoms with Crippen molar-refractivity contribution in [2.24, 2.45) is 10.7 Å². The third-order valence-electron chi connectivity index (χ3n) is 4.03. The lowest BCUT2D eigenvalue weighted by Gasteiger charge is -2.09. The van der Waals surface area contributed by atoms with Crippen LogP contribution in [0, 0.1) is 6.92 Å². The highest BCUT2D eigenvalue weighted by atomic mass is 35.5.